The van der Waals surface area contributed by atoms with Gasteiger partial charge in [-0.25, -0.2) is 0 Å². The standard InChI is InChI=1S/C10H19NO2/c1-3-13-11-9(2)10(12)7-5-4-6-8-10/h12H,3-8H2,1-2H3/b11-9+. The maximum absolute atomic E-state index is 10.2. The van der Waals surface area contributed by atoms with Crippen LogP contribution in [-0.2, 0) is 4.84 Å². The van der Waals surface area contributed by atoms with Crippen LogP contribution in [0.5, 0.6) is 0 Å². The largest absolute Gasteiger partial charge is 0.396 e. The lowest BCUT2D eigenvalue weighted by Crippen LogP contribution is -2.39. The number of aliphatic hydroxyl groups is 1. The Labute approximate surface area is 79.8 Å². The van der Waals surface area contributed by atoms with Crippen LogP contribution in [0.15, 0.2) is 5.16 Å². The van der Waals surface area contributed by atoms with Crippen LogP contribution in [0.2, 0.25) is 0 Å². The summed E-state index contributed by atoms with van der Waals surface area (Å²) in [6.07, 6.45) is 5.07. The molecule has 0 aromatic rings. The van der Waals surface area contributed by atoms with Crippen LogP contribution in [0, 0.1) is 0 Å². The van der Waals surface area contributed by atoms with Gasteiger partial charge in [0, 0.05) is 0 Å². The van der Waals surface area contributed by atoms with Gasteiger partial charge in [-0.15, -0.1) is 0 Å². The number of rotatable bonds is 3. The van der Waals surface area contributed by atoms with Gasteiger partial charge in [0.2, 0.25) is 0 Å². The zero-order valence-corrected chi connectivity index (χ0v) is 8.55. The lowest BCUT2D eigenvalue weighted by molar-refractivity contribution is 0.0619. The minimum Gasteiger partial charge on any atom is -0.396 e. The molecule has 1 rings (SSSR count). The second-order valence-corrected chi connectivity index (χ2v) is 3.69. The zero-order valence-electron chi connectivity index (χ0n) is 8.55. The first kappa shape index (κ1) is 10.5. The maximum Gasteiger partial charge on any atom is 0.114 e. The van der Waals surface area contributed by atoms with Crippen molar-refractivity contribution in [2.24, 2.45) is 5.16 Å². The average Bonchev–Trinajstić information content (AvgIpc) is 2.15. The average molecular weight is 185 g/mol. The fourth-order valence-corrected chi connectivity index (χ4v) is 1.74. The van der Waals surface area contributed by atoms with Gasteiger partial charge in [-0.3, -0.25) is 0 Å². The molecule has 1 aliphatic rings. The predicted molar refractivity (Wildman–Crippen MR) is 52.8 cm³/mol. The van der Waals surface area contributed by atoms with E-state index in [2.05, 4.69) is 5.16 Å². The summed E-state index contributed by atoms with van der Waals surface area (Å²) in [6, 6.07) is 0. The minimum absolute atomic E-state index is 0.563. The summed E-state index contributed by atoms with van der Waals surface area (Å²) in [4.78, 5) is 4.94. The highest BCUT2D eigenvalue weighted by molar-refractivity contribution is 5.89. The lowest BCUT2D eigenvalue weighted by Gasteiger charge is -2.31. The van der Waals surface area contributed by atoms with E-state index in [0.717, 1.165) is 31.4 Å². The van der Waals surface area contributed by atoms with Crippen molar-refractivity contribution >= 4 is 5.71 Å². The summed E-state index contributed by atoms with van der Waals surface area (Å²) in [7, 11) is 0. The summed E-state index contributed by atoms with van der Waals surface area (Å²) in [6.45, 7) is 4.30. The summed E-state index contributed by atoms with van der Waals surface area (Å²) in [5.74, 6) is 0. The van der Waals surface area contributed by atoms with E-state index in [1.54, 1.807) is 0 Å². The number of hydrogen-bond donors (Lipinski definition) is 1. The first-order valence-electron chi connectivity index (χ1n) is 5.08. The Morgan fingerprint density at radius 1 is 1.38 bits per heavy atom. The van der Waals surface area contributed by atoms with E-state index >= 15 is 0 Å². The Kier molecular flexibility index (Phi) is 3.72. The molecule has 1 saturated carbocycles. The number of nitrogens with zero attached hydrogens (tertiary/aromatic N) is 1. The van der Waals surface area contributed by atoms with Crippen LogP contribution in [0.3, 0.4) is 0 Å². The molecule has 0 aromatic heterocycles. The zero-order chi connectivity index (χ0) is 9.73. The van der Waals surface area contributed by atoms with Crippen molar-refractivity contribution in [3.8, 4) is 0 Å². The Bertz CT molecular complexity index is 183. The molecule has 1 aliphatic carbocycles. The van der Waals surface area contributed by atoms with Gasteiger partial charge in [-0.1, -0.05) is 24.4 Å². The molecule has 0 spiro atoms. The van der Waals surface area contributed by atoms with Crippen molar-refractivity contribution in [2.75, 3.05) is 6.61 Å². The summed E-state index contributed by atoms with van der Waals surface area (Å²) in [5.41, 5.74) is 0.0435. The molecule has 76 valence electrons. The number of hydrogen-bond acceptors (Lipinski definition) is 3. The molecule has 0 saturated heterocycles. The lowest BCUT2D eigenvalue weighted by atomic mass is 9.82. The Balaban J connectivity index is 2.55. The van der Waals surface area contributed by atoms with Crippen LogP contribution >= 0.6 is 0 Å². The van der Waals surface area contributed by atoms with E-state index in [9.17, 15) is 5.11 Å². The summed E-state index contributed by atoms with van der Waals surface area (Å²) >= 11 is 0. The van der Waals surface area contributed by atoms with Gasteiger partial charge < -0.3 is 9.94 Å². The fourth-order valence-electron chi connectivity index (χ4n) is 1.74. The molecule has 3 heteroatoms. The van der Waals surface area contributed by atoms with Gasteiger partial charge in [-0.05, 0) is 26.7 Å². The molecule has 0 atom stereocenters. The third-order valence-electron chi connectivity index (χ3n) is 2.68. The maximum atomic E-state index is 10.2. The normalized spacial score (nSPS) is 22.8. The van der Waals surface area contributed by atoms with Crippen molar-refractivity contribution in [3.63, 3.8) is 0 Å². The Morgan fingerprint density at radius 2 is 2.00 bits per heavy atom. The second-order valence-electron chi connectivity index (χ2n) is 3.69. The molecule has 0 unspecified atom stereocenters. The molecular formula is C10H19NO2. The van der Waals surface area contributed by atoms with E-state index in [-0.39, 0.29) is 0 Å². The molecule has 1 fully saturated rings. The van der Waals surface area contributed by atoms with E-state index in [1.807, 2.05) is 13.8 Å². The van der Waals surface area contributed by atoms with Crippen molar-refractivity contribution in [3.05, 3.63) is 0 Å². The third kappa shape index (κ3) is 2.69. The van der Waals surface area contributed by atoms with Gasteiger partial charge in [0.15, 0.2) is 0 Å². The quantitative estimate of drug-likeness (QED) is 0.540. The van der Waals surface area contributed by atoms with Gasteiger partial charge in [0.05, 0.1) is 5.71 Å². The SMILES string of the molecule is CCO/N=C(\C)C1(O)CCCCC1. The molecule has 0 aliphatic heterocycles. The molecule has 0 heterocycles. The van der Waals surface area contributed by atoms with Gasteiger partial charge in [0.25, 0.3) is 0 Å². The van der Waals surface area contributed by atoms with Gasteiger partial charge in [-0.2, -0.15) is 0 Å². The van der Waals surface area contributed by atoms with E-state index < -0.39 is 5.60 Å². The summed E-state index contributed by atoms with van der Waals surface area (Å²) < 4.78 is 0. The molecule has 0 amide bonds. The molecule has 0 aromatic carbocycles. The molecule has 1 N–H and O–H groups in total. The van der Waals surface area contributed by atoms with Crippen molar-refractivity contribution in [1.29, 1.82) is 0 Å². The van der Waals surface area contributed by atoms with Crippen molar-refractivity contribution in [1.82, 2.24) is 0 Å². The Hall–Kier alpha value is -0.570. The highest BCUT2D eigenvalue weighted by Crippen LogP contribution is 2.29. The third-order valence-corrected chi connectivity index (χ3v) is 2.68. The fraction of sp³-hybridized carbons (Fsp3) is 0.900. The number of oxime groups is 1. The topological polar surface area (TPSA) is 41.8 Å². The first-order valence-corrected chi connectivity index (χ1v) is 5.08. The first-order chi connectivity index (χ1) is 6.19. The van der Waals surface area contributed by atoms with Crippen LogP contribution in [0.4, 0.5) is 0 Å². The van der Waals surface area contributed by atoms with Crippen LogP contribution in [-0.4, -0.2) is 23.0 Å². The van der Waals surface area contributed by atoms with Gasteiger partial charge in [0.1, 0.15) is 12.2 Å². The van der Waals surface area contributed by atoms with Crippen LogP contribution in [0.1, 0.15) is 46.0 Å². The van der Waals surface area contributed by atoms with E-state index in [0.29, 0.717) is 6.61 Å². The highest BCUT2D eigenvalue weighted by atomic mass is 16.6. The van der Waals surface area contributed by atoms with E-state index in [1.165, 1.54) is 6.42 Å². The van der Waals surface area contributed by atoms with Crippen molar-refractivity contribution < 1.29 is 9.94 Å². The highest BCUT2D eigenvalue weighted by Gasteiger charge is 2.32. The molecule has 3 nitrogen and oxygen atoms in total. The monoisotopic (exact) mass is 185 g/mol. The van der Waals surface area contributed by atoms with Gasteiger partial charge >= 0.3 is 0 Å². The molecule has 13 heavy (non-hydrogen) atoms. The molecule has 0 bridgehead atoms. The predicted octanol–water partition coefficient (Wildman–Crippen LogP) is 2.09. The molecular weight excluding hydrogens is 166 g/mol. The van der Waals surface area contributed by atoms with Crippen LogP contribution in [0.25, 0.3) is 0 Å². The molecule has 0 radical (unpaired) electrons. The second kappa shape index (κ2) is 4.61. The van der Waals surface area contributed by atoms with Crippen LogP contribution < -0.4 is 0 Å². The summed E-state index contributed by atoms with van der Waals surface area (Å²) in [5, 5.41) is 14.1. The van der Waals surface area contributed by atoms with Crippen molar-refractivity contribution in [2.45, 2.75) is 51.6 Å². The minimum atomic E-state index is -0.687. The smallest absolute Gasteiger partial charge is 0.114 e. The van der Waals surface area contributed by atoms with E-state index in [4.69, 9.17) is 4.84 Å². The Morgan fingerprint density at radius 3 is 2.54 bits per heavy atom.